The van der Waals surface area contributed by atoms with E-state index in [-0.39, 0.29) is 12.2 Å². The molecule has 94 valence electrons. The molecule has 0 unspecified atom stereocenters. The standard InChI is InChI=1S/C13H15N3O2/c1-9-6-10(4-5-13(9)18-3)12(17)7-11-8-16(2)15-14-11/h4-6,8H,7H2,1-3H3. The zero-order chi connectivity index (χ0) is 13.1. The topological polar surface area (TPSA) is 57.0 Å². The van der Waals surface area contributed by atoms with E-state index in [4.69, 9.17) is 4.74 Å². The minimum atomic E-state index is 0.0289. The Hall–Kier alpha value is -2.17. The van der Waals surface area contributed by atoms with Gasteiger partial charge in [-0.2, -0.15) is 0 Å². The van der Waals surface area contributed by atoms with Crippen molar-refractivity contribution in [3.05, 3.63) is 41.2 Å². The van der Waals surface area contributed by atoms with E-state index in [1.54, 1.807) is 37.2 Å². The number of rotatable bonds is 4. The molecule has 1 aromatic heterocycles. The number of methoxy groups -OCH3 is 1. The Morgan fingerprint density at radius 2 is 2.22 bits per heavy atom. The summed E-state index contributed by atoms with van der Waals surface area (Å²) in [6.45, 7) is 1.91. The summed E-state index contributed by atoms with van der Waals surface area (Å²) in [5, 5.41) is 7.71. The zero-order valence-electron chi connectivity index (χ0n) is 10.7. The summed E-state index contributed by atoms with van der Waals surface area (Å²) < 4.78 is 6.75. The lowest BCUT2D eigenvalue weighted by Gasteiger charge is -2.06. The molecule has 0 spiro atoms. The number of nitrogens with zero attached hydrogens (tertiary/aromatic N) is 3. The second kappa shape index (κ2) is 5.00. The first kappa shape index (κ1) is 12.3. The molecular weight excluding hydrogens is 230 g/mol. The number of carbonyl (C=O) groups is 1. The molecule has 0 amide bonds. The average Bonchev–Trinajstić information content (AvgIpc) is 2.74. The fraction of sp³-hybridized carbons (Fsp3) is 0.308. The van der Waals surface area contributed by atoms with Crippen LogP contribution < -0.4 is 4.74 Å². The van der Waals surface area contributed by atoms with Gasteiger partial charge in [0.05, 0.1) is 19.2 Å². The maximum Gasteiger partial charge on any atom is 0.168 e. The molecule has 0 fully saturated rings. The monoisotopic (exact) mass is 245 g/mol. The van der Waals surface area contributed by atoms with Gasteiger partial charge in [-0.05, 0) is 30.7 Å². The van der Waals surface area contributed by atoms with Crippen molar-refractivity contribution in [1.29, 1.82) is 0 Å². The Balaban J connectivity index is 2.16. The van der Waals surface area contributed by atoms with Crippen molar-refractivity contribution in [3.8, 4) is 5.75 Å². The Morgan fingerprint density at radius 3 is 2.78 bits per heavy atom. The molecule has 0 saturated carbocycles. The third-order valence-corrected chi connectivity index (χ3v) is 2.71. The maximum atomic E-state index is 12.1. The molecule has 0 aliphatic carbocycles. The van der Waals surface area contributed by atoms with Gasteiger partial charge in [0.25, 0.3) is 0 Å². The van der Waals surface area contributed by atoms with Gasteiger partial charge in [0, 0.05) is 18.8 Å². The van der Waals surface area contributed by atoms with Gasteiger partial charge in [0.15, 0.2) is 5.78 Å². The molecule has 2 aromatic rings. The van der Waals surface area contributed by atoms with Crippen LogP contribution in [0.25, 0.3) is 0 Å². The van der Waals surface area contributed by atoms with Crippen molar-refractivity contribution in [2.45, 2.75) is 13.3 Å². The number of aromatic nitrogens is 3. The second-order valence-electron chi connectivity index (χ2n) is 4.17. The lowest BCUT2D eigenvalue weighted by atomic mass is 10.0. The summed E-state index contributed by atoms with van der Waals surface area (Å²) in [6, 6.07) is 5.40. The highest BCUT2D eigenvalue weighted by molar-refractivity contribution is 5.97. The number of aryl methyl sites for hydroxylation is 2. The highest BCUT2D eigenvalue weighted by Gasteiger charge is 2.11. The van der Waals surface area contributed by atoms with Crippen molar-refractivity contribution in [3.63, 3.8) is 0 Å². The molecule has 18 heavy (non-hydrogen) atoms. The average molecular weight is 245 g/mol. The number of carbonyl (C=O) groups excluding carboxylic acids is 1. The SMILES string of the molecule is COc1ccc(C(=O)Cc2cn(C)nn2)cc1C. The summed E-state index contributed by atoms with van der Waals surface area (Å²) in [4.78, 5) is 12.1. The van der Waals surface area contributed by atoms with Gasteiger partial charge in [-0.3, -0.25) is 9.48 Å². The minimum Gasteiger partial charge on any atom is -0.496 e. The van der Waals surface area contributed by atoms with Gasteiger partial charge in [-0.15, -0.1) is 5.10 Å². The van der Waals surface area contributed by atoms with Crippen molar-refractivity contribution >= 4 is 5.78 Å². The highest BCUT2D eigenvalue weighted by atomic mass is 16.5. The van der Waals surface area contributed by atoms with Gasteiger partial charge in [0.1, 0.15) is 5.75 Å². The fourth-order valence-corrected chi connectivity index (χ4v) is 1.79. The van der Waals surface area contributed by atoms with E-state index in [1.165, 1.54) is 0 Å². The molecule has 5 nitrogen and oxygen atoms in total. The molecule has 0 saturated heterocycles. The van der Waals surface area contributed by atoms with Crippen LogP contribution in [0.15, 0.2) is 24.4 Å². The molecule has 0 atom stereocenters. The number of benzene rings is 1. The normalized spacial score (nSPS) is 10.4. The van der Waals surface area contributed by atoms with E-state index in [9.17, 15) is 4.79 Å². The molecule has 0 radical (unpaired) electrons. The first-order valence-corrected chi connectivity index (χ1v) is 5.63. The predicted octanol–water partition coefficient (Wildman–Crippen LogP) is 1.56. The van der Waals surface area contributed by atoms with Crippen LogP contribution in [0.4, 0.5) is 0 Å². The summed E-state index contributed by atoms with van der Waals surface area (Å²) in [7, 11) is 3.39. The van der Waals surface area contributed by atoms with Gasteiger partial charge < -0.3 is 4.74 Å². The molecule has 5 heteroatoms. The van der Waals surface area contributed by atoms with E-state index >= 15 is 0 Å². The molecule has 1 heterocycles. The summed E-state index contributed by atoms with van der Waals surface area (Å²) in [6.07, 6.45) is 2.01. The minimum absolute atomic E-state index is 0.0289. The molecule has 1 aromatic carbocycles. The molecular formula is C13H15N3O2. The summed E-state index contributed by atoms with van der Waals surface area (Å²) in [5.41, 5.74) is 2.29. The number of ether oxygens (including phenoxy) is 1. The lowest BCUT2D eigenvalue weighted by molar-refractivity contribution is 0.0992. The first-order chi connectivity index (χ1) is 8.60. The number of hydrogen-bond donors (Lipinski definition) is 0. The van der Waals surface area contributed by atoms with E-state index in [0.29, 0.717) is 11.3 Å². The van der Waals surface area contributed by atoms with Crippen molar-refractivity contribution in [1.82, 2.24) is 15.0 Å². The predicted molar refractivity (Wildman–Crippen MR) is 66.8 cm³/mol. The first-order valence-electron chi connectivity index (χ1n) is 5.63. The molecule has 2 rings (SSSR count). The van der Waals surface area contributed by atoms with Crippen LogP contribution in [0.2, 0.25) is 0 Å². The Kier molecular flexibility index (Phi) is 3.41. The van der Waals surface area contributed by atoms with Crippen LogP contribution >= 0.6 is 0 Å². The van der Waals surface area contributed by atoms with Crippen LogP contribution in [0.5, 0.6) is 5.75 Å². The van der Waals surface area contributed by atoms with Gasteiger partial charge >= 0.3 is 0 Å². The molecule has 0 bridgehead atoms. The van der Waals surface area contributed by atoms with Crippen molar-refractivity contribution < 1.29 is 9.53 Å². The molecule has 0 aliphatic rings. The van der Waals surface area contributed by atoms with Crippen LogP contribution in [0.1, 0.15) is 21.6 Å². The Labute approximate surface area is 105 Å². The van der Waals surface area contributed by atoms with Crippen molar-refractivity contribution in [2.24, 2.45) is 7.05 Å². The fourth-order valence-electron chi connectivity index (χ4n) is 1.79. The van der Waals surface area contributed by atoms with Gasteiger partial charge in [0.2, 0.25) is 0 Å². The molecule has 0 N–H and O–H groups in total. The smallest absolute Gasteiger partial charge is 0.168 e. The third kappa shape index (κ3) is 2.56. The van der Waals surface area contributed by atoms with Crippen LogP contribution in [0, 0.1) is 6.92 Å². The number of ketones is 1. The van der Waals surface area contributed by atoms with Crippen LogP contribution in [-0.2, 0) is 13.5 Å². The maximum absolute atomic E-state index is 12.1. The second-order valence-corrected chi connectivity index (χ2v) is 4.17. The van der Waals surface area contributed by atoms with Crippen LogP contribution in [0.3, 0.4) is 0 Å². The summed E-state index contributed by atoms with van der Waals surface area (Å²) in [5.74, 6) is 0.812. The largest absolute Gasteiger partial charge is 0.496 e. The summed E-state index contributed by atoms with van der Waals surface area (Å²) >= 11 is 0. The van der Waals surface area contributed by atoms with Crippen LogP contribution in [-0.4, -0.2) is 27.9 Å². The number of Topliss-reactive ketones (excluding diaryl/α,β-unsaturated/α-hetero) is 1. The van der Waals surface area contributed by atoms with Gasteiger partial charge in [-0.25, -0.2) is 0 Å². The van der Waals surface area contributed by atoms with E-state index in [1.807, 2.05) is 13.0 Å². The Bertz CT molecular complexity index is 575. The van der Waals surface area contributed by atoms with E-state index in [0.717, 1.165) is 11.3 Å². The quantitative estimate of drug-likeness (QED) is 0.767. The van der Waals surface area contributed by atoms with Crippen molar-refractivity contribution in [2.75, 3.05) is 7.11 Å². The van der Waals surface area contributed by atoms with E-state index in [2.05, 4.69) is 10.3 Å². The lowest BCUT2D eigenvalue weighted by Crippen LogP contribution is -2.04. The highest BCUT2D eigenvalue weighted by Crippen LogP contribution is 2.19. The van der Waals surface area contributed by atoms with E-state index < -0.39 is 0 Å². The molecule has 0 aliphatic heterocycles. The Morgan fingerprint density at radius 1 is 1.44 bits per heavy atom. The number of hydrogen-bond acceptors (Lipinski definition) is 4. The third-order valence-electron chi connectivity index (χ3n) is 2.71. The zero-order valence-corrected chi connectivity index (χ0v) is 10.7. The van der Waals surface area contributed by atoms with Gasteiger partial charge in [-0.1, -0.05) is 5.21 Å².